The van der Waals surface area contributed by atoms with Crippen LogP contribution in [0.25, 0.3) is 0 Å². The van der Waals surface area contributed by atoms with Crippen LogP contribution in [0.15, 0.2) is 0 Å². The van der Waals surface area contributed by atoms with E-state index in [1.54, 1.807) is 0 Å². The van der Waals surface area contributed by atoms with Gasteiger partial charge in [0.2, 0.25) is 5.91 Å². The summed E-state index contributed by atoms with van der Waals surface area (Å²) in [5.41, 5.74) is 0. The maximum atomic E-state index is 12.3. The van der Waals surface area contributed by atoms with Crippen LogP contribution in [-0.2, 0) is 4.79 Å². The number of likely N-dealkylation sites (N-methyl/N-ethyl adjacent to an activating group) is 1. The second-order valence-corrected chi connectivity index (χ2v) is 6.35. The van der Waals surface area contributed by atoms with Crippen molar-refractivity contribution in [2.75, 3.05) is 59.4 Å². The van der Waals surface area contributed by atoms with Crippen LogP contribution in [0.3, 0.4) is 0 Å². The number of nitrogens with one attached hydrogen (secondary N) is 1. The fraction of sp³-hybridized carbons (Fsp3) is 0.933. The number of rotatable bonds is 4. The van der Waals surface area contributed by atoms with Crippen molar-refractivity contribution in [2.45, 2.75) is 26.3 Å². The van der Waals surface area contributed by atoms with Crippen molar-refractivity contribution in [3.8, 4) is 0 Å². The van der Waals surface area contributed by atoms with Gasteiger partial charge in [0.05, 0.1) is 6.54 Å². The van der Waals surface area contributed by atoms with Gasteiger partial charge in [-0.15, -0.1) is 0 Å². The molecule has 116 valence electrons. The summed E-state index contributed by atoms with van der Waals surface area (Å²) in [6.45, 7) is 12.0. The molecule has 2 unspecified atom stereocenters. The molecular weight excluding hydrogens is 252 g/mol. The largest absolute Gasteiger partial charge is 0.339 e. The van der Waals surface area contributed by atoms with Gasteiger partial charge in [-0.25, -0.2) is 0 Å². The Bertz CT molecular complexity index is 315. The van der Waals surface area contributed by atoms with Gasteiger partial charge in [0.1, 0.15) is 0 Å². The quantitative estimate of drug-likeness (QED) is 0.793. The Kier molecular flexibility index (Phi) is 5.81. The summed E-state index contributed by atoms with van der Waals surface area (Å²) in [5.74, 6) is 0.941. The van der Waals surface area contributed by atoms with Crippen molar-refractivity contribution in [1.82, 2.24) is 20.0 Å². The van der Waals surface area contributed by atoms with Gasteiger partial charge in [-0.1, -0.05) is 13.8 Å². The number of carbonyl (C=O) groups is 1. The van der Waals surface area contributed by atoms with E-state index >= 15 is 0 Å². The monoisotopic (exact) mass is 282 g/mol. The van der Waals surface area contributed by atoms with Crippen molar-refractivity contribution < 1.29 is 4.79 Å². The average molecular weight is 282 g/mol. The number of amides is 1. The lowest BCUT2D eigenvalue weighted by Gasteiger charge is -2.39. The molecule has 0 aromatic rings. The first-order chi connectivity index (χ1) is 9.60. The lowest BCUT2D eigenvalue weighted by Crippen LogP contribution is -2.53. The lowest BCUT2D eigenvalue weighted by atomic mass is 9.94. The van der Waals surface area contributed by atoms with Gasteiger partial charge in [0.15, 0.2) is 0 Å². The van der Waals surface area contributed by atoms with Crippen LogP contribution < -0.4 is 5.32 Å². The maximum Gasteiger partial charge on any atom is 0.236 e. The van der Waals surface area contributed by atoms with E-state index in [2.05, 4.69) is 36.0 Å². The summed E-state index contributed by atoms with van der Waals surface area (Å²) < 4.78 is 0. The van der Waals surface area contributed by atoms with E-state index in [0.29, 0.717) is 24.4 Å². The molecule has 0 aliphatic carbocycles. The van der Waals surface area contributed by atoms with Gasteiger partial charge in [-0.05, 0) is 25.9 Å². The zero-order valence-corrected chi connectivity index (χ0v) is 13.3. The summed E-state index contributed by atoms with van der Waals surface area (Å²) in [6.07, 6.45) is 1.16. The molecule has 0 bridgehead atoms. The van der Waals surface area contributed by atoms with Crippen LogP contribution in [0.2, 0.25) is 0 Å². The zero-order chi connectivity index (χ0) is 14.5. The first-order valence-corrected chi connectivity index (χ1v) is 8.02. The van der Waals surface area contributed by atoms with E-state index in [-0.39, 0.29) is 0 Å². The molecule has 2 rings (SSSR count). The van der Waals surface area contributed by atoms with Crippen molar-refractivity contribution >= 4 is 5.91 Å². The Morgan fingerprint density at radius 1 is 1.20 bits per heavy atom. The third kappa shape index (κ3) is 4.17. The summed E-state index contributed by atoms with van der Waals surface area (Å²) in [7, 11) is 2.12. The molecule has 0 aromatic carbocycles. The average Bonchev–Trinajstić information content (AvgIpc) is 2.42. The lowest BCUT2D eigenvalue weighted by molar-refractivity contribution is -0.134. The molecule has 5 heteroatoms. The minimum absolute atomic E-state index is 0.312. The van der Waals surface area contributed by atoms with E-state index in [0.717, 1.165) is 52.2 Å². The first-order valence-electron chi connectivity index (χ1n) is 8.02. The molecule has 2 aliphatic rings. The first kappa shape index (κ1) is 15.7. The van der Waals surface area contributed by atoms with Crippen molar-refractivity contribution in [3.05, 3.63) is 0 Å². The Morgan fingerprint density at radius 3 is 2.50 bits per heavy atom. The van der Waals surface area contributed by atoms with Crippen molar-refractivity contribution in [1.29, 1.82) is 0 Å². The molecule has 2 heterocycles. The van der Waals surface area contributed by atoms with E-state index in [1.807, 2.05) is 4.90 Å². The normalized spacial score (nSPS) is 29.6. The Hall–Kier alpha value is -0.650. The van der Waals surface area contributed by atoms with Gasteiger partial charge < -0.3 is 15.1 Å². The Labute approximate surface area is 123 Å². The molecule has 1 N–H and O–H groups in total. The topological polar surface area (TPSA) is 38.8 Å². The summed E-state index contributed by atoms with van der Waals surface area (Å²) in [4.78, 5) is 19.0. The van der Waals surface area contributed by atoms with Gasteiger partial charge >= 0.3 is 0 Å². The van der Waals surface area contributed by atoms with Crippen LogP contribution in [0, 0.1) is 5.92 Å². The minimum atomic E-state index is 0.312. The number of piperazine rings is 1. The van der Waals surface area contributed by atoms with E-state index in [4.69, 9.17) is 0 Å². The molecule has 0 aromatic heterocycles. The molecule has 2 saturated heterocycles. The molecule has 0 radical (unpaired) electrons. The standard InChI is InChI=1S/C15H30N4O/c1-4-16-14-5-6-18(11-13(14)2)12-15(20)19-9-7-17(3)8-10-19/h13-14,16H,4-12H2,1-3H3. The highest BCUT2D eigenvalue weighted by atomic mass is 16.2. The van der Waals surface area contributed by atoms with Crippen LogP contribution in [0.1, 0.15) is 20.3 Å². The third-order valence-electron chi connectivity index (χ3n) is 4.67. The van der Waals surface area contributed by atoms with Crippen LogP contribution >= 0.6 is 0 Å². The highest BCUT2D eigenvalue weighted by Gasteiger charge is 2.28. The Balaban J connectivity index is 1.75. The minimum Gasteiger partial charge on any atom is -0.339 e. The fourth-order valence-electron chi connectivity index (χ4n) is 3.29. The van der Waals surface area contributed by atoms with Crippen LogP contribution in [-0.4, -0.2) is 86.1 Å². The van der Waals surface area contributed by atoms with Gasteiger partial charge in [-0.2, -0.15) is 0 Å². The highest BCUT2D eigenvalue weighted by Crippen LogP contribution is 2.16. The van der Waals surface area contributed by atoms with Gasteiger partial charge in [-0.3, -0.25) is 9.69 Å². The van der Waals surface area contributed by atoms with E-state index in [1.165, 1.54) is 0 Å². The molecule has 2 aliphatic heterocycles. The number of carbonyl (C=O) groups excluding carboxylic acids is 1. The summed E-state index contributed by atoms with van der Waals surface area (Å²) >= 11 is 0. The Morgan fingerprint density at radius 2 is 1.90 bits per heavy atom. The molecule has 20 heavy (non-hydrogen) atoms. The van der Waals surface area contributed by atoms with Crippen molar-refractivity contribution in [2.24, 2.45) is 5.92 Å². The molecule has 5 nitrogen and oxygen atoms in total. The number of hydrogen-bond acceptors (Lipinski definition) is 4. The molecular formula is C15H30N4O. The molecule has 2 fully saturated rings. The number of hydrogen-bond donors (Lipinski definition) is 1. The highest BCUT2D eigenvalue weighted by molar-refractivity contribution is 5.78. The number of likely N-dealkylation sites (tertiary alicyclic amines) is 1. The van der Waals surface area contributed by atoms with E-state index in [9.17, 15) is 4.79 Å². The van der Waals surface area contributed by atoms with Gasteiger partial charge in [0, 0.05) is 45.3 Å². The second-order valence-electron chi connectivity index (χ2n) is 6.35. The molecule has 0 spiro atoms. The summed E-state index contributed by atoms with van der Waals surface area (Å²) in [5, 5.41) is 3.55. The number of nitrogens with zero attached hydrogens (tertiary/aromatic N) is 3. The summed E-state index contributed by atoms with van der Waals surface area (Å²) in [6, 6.07) is 0.620. The fourth-order valence-corrected chi connectivity index (χ4v) is 3.29. The second kappa shape index (κ2) is 7.38. The van der Waals surface area contributed by atoms with Gasteiger partial charge in [0.25, 0.3) is 0 Å². The van der Waals surface area contributed by atoms with Crippen LogP contribution in [0.4, 0.5) is 0 Å². The predicted molar refractivity (Wildman–Crippen MR) is 81.8 cm³/mol. The molecule has 2 atom stereocenters. The van der Waals surface area contributed by atoms with E-state index < -0.39 is 0 Å². The van der Waals surface area contributed by atoms with Crippen molar-refractivity contribution in [3.63, 3.8) is 0 Å². The molecule has 1 amide bonds. The number of piperidine rings is 1. The third-order valence-corrected chi connectivity index (χ3v) is 4.67. The molecule has 0 saturated carbocycles. The SMILES string of the molecule is CCNC1CCN(CC(=O)N2CCN(C)CC2)CC1C. The van der Waals surface area contributed by atoms with Crippen LogP contribution in [0.5, 0.6) is 0 Å². The smallest absolute Gasteiger partial charge is 0.236 e. The maximum absolute atomic E-state index is 12.3. The predicted octanol–water partition coefficient (Wildman–Crippen LogP) is 0.0803. The zero-order valence-electron chi connectivity index (χ0n) is 13.3.